The zero-order valence-corrected chi connectivity index (χ0v) is 9.48. The Kier molecular flexibility index (Phi) is 3.90. The molecule has 5 nitrogen and oxygen atoms in total. The van der Waals surface area contributed by atoms with E-state index in [4.69, 9.17) is 10.2 Å². The van der Waals surface area contributed by atoms with Gasteiger partial charge in [-0.15, -0.1) is 10.2 Å². The summed E-state index contributed by atoms with van der Waals surface area (Å²) >= 11 is 1.52. The van der Waals surface area contributed by atoms with Crippen LogP contribution >= 0.6 is 11.8 Å². The van der Waals surface area contributed by atoms with Crippen molar-refractivity contribution >= 4 is 11.8 Å². The van der Waals surface area contributed by atoms with Crippen LogP contribution in [0.15, 0.2) is 34.2 Å². The summed E-state index contributed by atoms with van der Waals surface area (Å²) in [6.45, 7) is 0.679. The van der Waals surface area contributed by atoms with E-state index in [1.165, 1.54) is 11.8 Å². The third kappa shape index (κ3) is 2.80. The van der Waals surface area contributed by atoms with E-state index in [1.54, 1.807) is 12.4 Å². The summed E-state index contributed by atoms with van der Waals surface area (Å²) < 4.78 is 5.49. The average Bonchev–Trinajstić information content (AvgIpc) is 2.79. The maximum Gasteiger partial charge on any atom is 0.276 e. The van der Waals surface area contributed by atoms with E-state index in [1.807, 2.05) is 12.1 Å². The second kappa shape index (κ2) is 5.62. The number of pyridine rings is 1. The summed E-state index contributed by atoms with van der Waals surface area (Å²) in [5.41, 5.74) is 6.28. The van der Waals surface area contributed by atoms with E-state index in [9.17, 15) is 0 Å². The minimum absolute atomic E-state index is 0.526. The van der Waals surface area contributed by atoms with Gasteiger partial charge in [-0.05, 0) is 25.1 Å². The second-order valence-corrected chi connectivity index (χ2v) is 4.15. The molecule has 84 valence electrons. The van der Waals surface area contributed by atoms with Crippen molar-refractivity contribution in [2.24, 2.45) is 5.73 Å². The Balaban J connectivity index is 2.02. The maximum atomic E-state index is 5.49. The Hall–Kier alpha value is -1.40. The highest BCUT2D eigenvalue weighted by Crippen LogP contribution is 2.22. The molecule has 0 spiro atoms. The van der Waals surface area contributed by atoms with Crippen molar-refractivity contribution in [1.82, 2.24) is 15.2 Å². The fraction of sp³-hybridized carbons (Fsp3) is 0.300. The molecule has 0 bridgehead atoms. The molecule has 2 heterocycles. The number of hydrogen-bond acceptors (Lipinski definition) is 6. The van der Waals surface area contributed by atoms with Crippen LogP contribution in [0.1, 0.15) is 6.42 Å². The van der Waals surface area contributed by atoms with Gasteiger partial charge in [0.05, 0.1) is 0 Å². The van der Waals surface area contributed by atoms with Crippen LogP contribution in [0.2, 0.25) is 0 Å². The number of nitrogens with two attached hydrogens (primary N) is 1. The largest absolute Gasteiger partial charge is 0.411 e. The third-order valence-corrected chi connectivity index (χ3v) is 2.81. The fourth-order valence-electron chi connectivity index (χ4n) is 1.12. The van der Waals surface area contributed by atoms with Crippen LogP contribution in [-0.2, 0) is 0 Å². The molecule has 0 aliphatic heterocycles. The van der Waals surface area contributed by atoms with E-state index >= 15 is 0 Å². The van der Waals surface area contributed by atoms with Gasteiger partial charge in [-0.2, -0.15) is 0 Å². The second-order valence-electron chi connectivity index (χ2n) is 3.10. The quantitative estimate of drug-likeness (QED) is 0.627. The molecule has 2 aromatic heterocycles. The monoisotopic (exact) mass is 236 g/mol. The summed E-state index contributed by atoms with van der Waals surface area (Å²) in [4.78, 5) is 3.93. The lowest BCUT2D eigenvalue weighted by atomic mass is 10.3. The molecule has 2 aromatic rings. The molecule has 0 radical (unpaired) electrons. The fourth-order valence-corrected chi connectivity index (χ4v) is 1.84. The van der Waals surface area contributed by atoms with Crippen molar-refractivity contribution < 1.29 is 4.42 Å². The third-order valence-electron chi connectivity index (χ3n) is 1.91. The van der Waals surface area contributed by atoms with Crippen molar-refractivity contribution in [3.63, 3.8) is 0 Å². The molecule has 0 aliphatic rings. The molecule has 2 rings (SSSR count). The van der Waals surface area contributed by atoms with Gasteiger partial charge in [-0.3, -0.25) is 4.98 Å². The number of nitrogens with zero attached hydrogens (tertiary/aromatic N) is 3. The number of rotatable bonds is 5. The first-order valence-corrected chi connectivity index (χ1v) is 5.95. The van der Waals surface area contributed by atoms with E-state index in [2.05, 4.69) is 15.2 Å². The molecule has 2 N–H and O–H groups in total. The Morgan fingerprint density at radius 3 is 2.81 bits per heavy atom. The van der Waals surface area contributed by atoms with Gasteiger partial charge >= 0.3 is 0 Å². The van der Waals surface area contributed by atoms with Crippen molar-refractivity contribution in [2.75, 3.05) is 12.3 Å². The summed E-state index contributed by atoms with van der Waals surface area (Å²) in [6.07, 6.45) is 4.33. The summed E-state index contributed by atoms with van der Waals surface area (Å²) in [5.74, 6) is 1.42. The Morgan fingerprint density at radius 1 is 1.25 bits per heavy atom. The van der Waals surface area contributed by atoms with Gasteiger partial charge in [0.25, 0.3) is 5.22 Å². The highest BCUT2D eigenvalue weighted by atomic mass is 32.2. The minimum atomic E-state index is 0.526. The molecule has 0 aliphatic carbocycles. The number of thioether (sulfide) groups is 1. The topological polar surface area (TPSA) is 77.8 Å². The molecule has 0 saturated carbocycles. The van der Waals surface area contributed by atoms with Crippen molar-refractivity contribution in [3.8, 4) is 11.5 Å². The molecule has 0 saturated heterocycles. The zero-order valence-electron chi connectivity index (χ0n) is 8.67. The molecular formula is C10H12N4OS. The normalized spacial score (nSPS) is 10.6. The highest BCUT2D eigenvalue weighted by molar-refractivity contribution is 7.99. The lowest BCUT2D eigenvalue weighted by molar-refractivity contribution is 0.466. The molecule has 0 fully saturated rings. The Bertz CT molecular complexity index is 431. The predicted molar refractivity (Wildman–Crippen MR) is 61.9 cm³/mol. The van der Waals surface area contributed by atoms with Crippen LogP contribution in [0.3, 0.4) is 0 Å². The molecule has 0 atom stereocenters. The SMILES string of the molecule is NCCCSc1nnc(-c2ccncc2)o1. The Morgan fingerprint density at radius 2 is 2.06 bits per heavy atom. The van der Waals surface area contributed by atoms with Gasteiger partial charge in [0.15, 0.2) is 0 Å². The molecule has 16 heavy (non-hydrogen) atoms. The van der Waals surface area contributed by atoms with Crippen LogP contribution in [0.4, 0.5) is 0 Å². The van der Waals surface area contributed by atoms with Gasteiger partial charge in [-0.25, -0.2) is 0 Å². The molecular weight excluding hydrogens is 224 g/mol. The Labute approximate surface area is 97.5 Å². The summed E-state index contributed by atoms with van der Waals surface area (Å²) in [5, 5.41) is 8.50. The smallest absolute Gasteiger partial charge is 0.276 e. The van der Waals surface area contributed by atoms with Crippen LogP contribution in [0, 0.1) is 0 Å². The maximum absolute atomic E-state index is 5.49. The van der Waals surface area contributed by atoms with E-state index in [-0.39, 0.29) is 0 Å². The van der Waals surface area contributed by atoms with E-state index in [0.717, 1.165) is 17.7 Å². The first kappa shape index (κ1) is 11.1. The zero-order chi connectivity index (χ0) is 11.2. The lowest BCUT2D eigenvalue weighted by Gasteiger charge is -1.93. The first-order chi connectivity index (χ1) is 7.90. The lowest BCUT2D eigenvalue weighted by Crippen LogP contribution is -1.99. The van der Waals surface area contributed by atoms with Crippen LogP contribution in [0.25, 0.3) is 11.5 Å². The highest BCUT2D eigenvalue weighted by Gasteiger charge is 2.07. The van der Waals surface area contributed by atoms with Crippen molar-refractivity contribution in [3.05, 3.63) is 24.5 Å². The van der Waals surface area contributed by atoms with Crippen molar-refractivity contribution in [1.29, 1.82) is 0 Å². The van der Waals surface area contributed by atoms with Crippen LogP contribution in [0.5, 0.6) is 0 Å². The van der Waals surface area contributed by atoms with Crippen LogP contribution < -0.4 is 5.73 Å². The predicted octanol–water partition coefficient (Wildman–Crippen LogP) is 1.57. The summed E-state index contributed by atoms with van der Waals surface area (Å²) in [7, 11) is 0. The molecule has 0 aromatic carbocycles. The molecule has 0 unspecified atom stereocenters. The number of hydrogen-bond donors (Lipinski definition) is 1. The first-order valence-electron chi connectivity index (χ1n) is 4.97. The molecule has 0 amide bonds. The van der Waals surface area contributed by atoms with Crippen molar-refractivity contribution in [2.45, 2.75) is 11.6 Å². The van der Waals surface area contributed by atoms with E-state index < -0.39 is 0 Å². The van der Waals surface area contributed by atoms with E-state index in [0.29, 0.717) is 17.7 Å². The van der Waals surface area contributed by atoms with Gasteiger partial charge in [-0.1, -0.05) is 11.8 Å². The van der Waals surface area contributed by atoms with Gasteiger partial charge in [0, 0.05) is 23.7 Å². The number of aromatic nitrogens is 3. The standard InChI is InChI=1S/C10H12N4OS/c11-4-1-7-16-10-14-13-9(15-10)8-2-5-12-6-3-8/h2-3,5-6H,1,4,7,11H2. The average molecular weight is 236 g/mol. The van der Waals surface area contributed by atoms with Gasteiger partial charge in [0.1, 0.15) is 0 Å². The summed E-state index contributed by atoms with van der Waals surface area (Å²) in [6, 6.07) is 3.67. The van der Waals surface area contributed by atoms with Gasteiger partial charge < -0.3 is 10.2 Å². The minimum Gasteiger partial charge on any atom is -0.411 e. The van der Waals surface area contributed by atoms with Gasteiger partial charge in [0.2, 0.25) is 5.89 Å². The van der Waals surface area contributed by atoms with Crippen LogP contribution in [-0.4, -0.2) is 27.5 Å². The molecule has 6 heteroatoms.